The van der Waals surface area contributed by atoms with Gasteiger partial charge in [0.15, 0.2) is 0 Å². The van der Waals surface area contributed by atoms with Crippen molar-refractivity contribution in [2.75, 3.05) is 25.9 Å². The summed E-state index contributed by atoms with van der Waals surface area (Å²) in [5.41, 5.74) is 2.65. The second kappa shape index (κ2) is 7.55. The van der Waals surface area contributed by atoms with Crippen molar-refractivity contribution in [2.45, 2.75) is 18.8 Å². The van der Waals surface area contributed by atoms with Crippen molar-refractivity contribution >= 4 is 15.9 Å². The van der Waals surface area contributed by atoms with Gasteiger partial charge < -0.3 is 4.90 Å². The number of sulfonamides is 1. The Labute approximate surface area is 151 Å². The van der Waals surface area contributed by atoms with Crippen LogP contribution >= 0.6 is 0 Å². The first kappa shape index (κ1) is 18.5. The van der Waals surface area contributed by atoms with Crippen molar-refractivity contribution in [1.82, 2.24) is 19.8 Å². The summed E-state index contributed by atoms with van der Waals surface area (Å²) in [6.45, 7) is 0.848. The van der Waals surface area contributed by atoms with E-state index in [0.717, 1.165) is 35.9 Å². The Morgan fingerprint density at radius 3 is 2.81 bits per heavy atom. The van der Waals surface area contributed by atoms with E-state index in [2.05, 4.69) is 14.9 Å². The zero-order valence-electron chi connectivity index (χ0n) is 14.4. The van der Waals surface area contributed by atoms with Gasteiger partial charge in [-0.3, -0.25) is 9.89 Å². The number of hydrogen-bond acceptors (Lipinski definition) is 4. The molecular formula is C17H21FN4O3S. The van der Waals surface area contributed by atoms with E-state index in [1.807, 2.05) is 0 Å². The summed E-state index contributed by atoms with van der Waals surface area (Å²) in [5.74, 6) is -0.483. The number of carbonyl (C=O) groups is 1. The molecular weight excluding hydrogens is 359 g/mol. The van der Waals surface area contributed by atoms with Crippen LogP contribution in [-0.2, 0) is 14.8 Å². The summed E-state index contributed by atoms with van der Waals surface area (Å²) in [6.07, 6.45) is 4.43. The lowest BCUT2D eigenvalue weighted by Gasteiger charge is -2.32. The maximum Gasteiger partial charge on any atom is 0.237 e. The normalized spacial score (nSPS) is 18.1. The highest BCUT2D eigenvalue weighted by Crippen LogP contribution is 2.33. The molecule has 1 atom stereocenters. The standard InChI is InChI=1S/C17H21FN4O3S/c1-26(24,25)20-10-16(23)22-8-2-3-13(11-22)17-15(9-19-21-17)12-4-6-14(18)7-5-12/h4-7,9,13,20H,2-3,8,10-11H2,1H3,(H,19,21). The lowest BCUT2D eigenvalue weighted by molar-refractivity contribution is -0.131. The van der Waals surface area contributed by atoms with Crippen molar-refractivity contribution in [3.63, 3.8) is 0 Å². The molecule has 2 aromatic rings. The molecule has 1 aliphatic rings. The second-order valence-electron chi connectivity index (χ2n) is 6.48. The molecule has 0 aliphatic carbocycles. The summed E-state index contributed by atoms with van der Waals surface area (Å²) in [4.78, 5) is 14.0. The molecule has 0 saturated carbocycles. The van der Waals surface area contributed by atoms with Crippen molar-refractivity contribution in [3.8, 4) is 11.1 Å². The molecule has 0 radical (unpaired) electrons. The van der Waals surface area contributed by atoms with Crippen LogP contribution < -0.4 is 4.72 Å². The molecule has 1 aromatic carbocycles. The minimum atomic E-state index is -3.41. The predicted octanol–water partition coefficient (Wildman–Crippen LogP) is 1.47. The van der Waals surface area contributed by atoms with Crippen LogP contribution in [0.25, 0.3) is 11.1 Å². The molecule has 0 bridgehead atoms. The van der Waals surface area contributed by atoms with Crippen LogP contribution in [0.3, 0.4) is 0 Å². The zero-order chi connectivity index (χ0) is 18.7. The third kappa shape index (κ3) is 4.47. The molecule has 1 unspecified atom stereocenters. The van der Waals surface area contributed by atoms with Gasteiger partial charge in [0.05, 0.1) is 19.0 Å². The van der Waals surface area contributed by atoms with E-state index < -0.39 is 10.0 Å². The van der Waals surface area contributed by atoms with E-state index in [1.54, 1.807) is 23.2 Å². The third-order valence-corrected chi connectivity index (χ3v) is 5.16. The smallest absolute Gasteiger partial charge is 0.237 e. The Bertz CT molecular complexity index is 880. The summed E-state index contributed by atoms with van der Waals surface area (Å²) < 4.78 is 37.7. The monoisotopic (exact) mass is 380 g/mol. The van der Waals surface area contributed by atoms with Gasteiger partial charge in [-0.05, 0) is 30.5 Å². The van der Waals surface area contributed by atoms with Gasteiger partial charge in [-0.25, -0.2) is 17.5 Å². The van der Waals surface area contributed by atoms with Crippen LogP contribution in [0.1, 0.15) is 24.5 Å². The highest BCUT2D eigenvalue weighted by molar-refractivity contribution is 7.88. The molecule has 1 aliphatic heterocycles. The molecule has 1 amide bonds. The zero-order valence-corrected chi connectivity index (χ0v) is 15.2. The highest BCUT2D eigenvalue weighted by atomic mass is 32.2. The molecule has 1 aromatic heterocycles. The van der Waals surface area contributed by atoms with E-state index in [9.17, 15) is 17.6 Å². The summed E-state index contributed by atoms with van der Waals surface area (Å²) in [6, 6.07) is 6.20. The van der Waals surface area contributed by atoms with Crippen LogP contribution in [0.15, 0.2) is 30.5 Å². The Hall–Kier alpha value is -2.26. The number of carbonyl (C=O) groups excluding carboxylic acids is 1. The number of rotatable bonds is 5. The molecule has 140 valence electrons. The minimum absolute atomic E-state index is 0.0634. The molecule has 3 rings (SSSR count). The molecule has 2 heterocycles. The molecule has 1 fully saturated rings. The van der Waals surface area contributed by atoms with Crippen LogP contribution in [0.4, 0.5) is 4.39 Å². The first-order valence-corrected chi connectivity index (χ1v) is 10.2. The number of hydrogen-bond donors (Lipinski definition) is 2. The summed E-state index contributed by atoms with van der Waals surface area (Å²) in [7, 11) is -3.41. The maximum absolute atomic E-state index is 13.2. The van der Waals surface area contributed by atoms with Crippen LogP contribution in [0, 0.1) is 5.82 Å². The van der Waals surface area contributed by atoms with Crippen molar-refractivity contribution in [2.24, 2.45) is 0 Å². The Kier molecular flexibility index (Phi) is 5.38. The summed E-state index contributed by atoms with van der Waals surface area (Å²) in [5, 5.41) is 7.13. The van der Waals surface area contributed by atoms with Gasteiger partial charge in [0.1, 0.15) is 5.82 Å². The number of piperidine rings is 1. The first-order valence-electron chi connectivity index (χ1n) is 8.35. The fraction of sp³-hybridized carbons (Fsp3) is 0.412. The van der Waals surface area contributed by atoms with Crippen molar-refractivity contribution in [3.05, 3.63) is 42.0 Å². The van der Waals surface area contributed by atoms with Gasteiger partial charge in [0.2, 0.25) is 15.9 Å². The number of benzene rings is 1. The molecule has 7 nitrogen and oxygen atoms in total. The lowest BCUT2D eigenvalue weighted by Crippen LogP contribution is -2.44. The number of aromatic nitrogens is 2. The second-order valence-corrected chi connectivity index (χ2v) is 8.31. The van der Waals surface area contributed by atoms with Crippen LogP contribution in [-0.4, -0.2) is 55.3 Å². The molecule has 2 N–H and O–H groups in total. The largest absolute Gasteiger partial charge is 0.341 e. The lowest BCUT2D eigenvalue weighted by atomic mass is 9.90. The molecule has 0 spiro atoms. The van der Waals surface area contributed by atoms with Gasteiger partial charge in [0, 0.05) is 30.3 Å². The first-order chi connectivity index (χ1) is 12.3. The van der Waals surface area contributed by atoms with E-state index >= 15 is 0 Å². The summed E-state index contributed by atoms with van der Waals surface area (Å²) >= 11 is 0. The van der Waals surface area contributed by atoms with Crippen LogP contribution in [0.2, 0.25) is 0 Å². The minimum Gasteiger partial charge on any atom is -0.341 e. The topological polar surface area (TPSA) is 95.2 Å². The van der Waals surface area contributed by atoms with Gasteiger partial charge >= 0.3 is 0 Å². The number of H-pyrrole nitrogens is 1. The maximum atomic E-state index is 13.2. The molecule has 26 heavy (non-hydrogen) atoms. The average Bonchev–Trinajstić information content (AvgIpc) is 3.09. The Morgan fingerprint density at radius 2 is 2.12 bits per heavy atom. The quantitative estimate of drug-likeness (QED) is 0.821. The van der Waals surface area contributed by atoms with E-state index in [0.29, 0.717) is 13.1 Å². The van der Waals surface area contributed by atoms with Gasteiger partial charge in [-0.2, -0.15) is 5.10 Å². The molecule has 9 heteroatoms. The predicted molar refractivity (Wildman–Crippen MR) is 95.4 cm³/mol. The molecule has 1 saturated heterocycles. The van der Waals surface area contributed by atoms with Crippen LogP contribution in [0.5, 0.6) is 0 Å². The van der Waals surface area contributed by atoms with Gasteiger partial charge in [-0.1, -0.05) is 12.1 Å². The van der Waals surface area contributed by atoms with Gasteiger partial charge in [0.25, 0.3) is 0 Å². The van der Waals surface area contributed by atoms with Crippen molar-refractivity contribution in [1.29, 1.82) is 0 Å². The number of halogens is 1. The van der Waals surface area contributed by atoms with Gasteiger partial charge in [-0.15, -0.1) is 0 Å². The number of likely N-dealkylation sites (tertiary alicyclic amines) is 1. The fourth-order valence-electron chi connectivity index (χ4n) is 3.21. The van der Waals surface area contributed by atoms with E-state index in [-0.39, 0.29) is 24.2 Å². The number of nitrogens with one attached hydrogen (secondary N) is 2. The number of nitrogens with zero attached hydrogens (tertiary/aromatic N) is 2. The van der Waals surface area contributed by atoms with Crippen molar-refractivity contribution < 1.29 is 17.6 Å². The average molecular weight is 380 g/mol. The fourth-order valence-corrected chi connectivity index (χ4v) is 3.60. The Balaban J connectivity index is 1.73. The SMILES string of the molecule is CS(=O)(=O)NCC(=O)N1CCCC(c2[nH]ncc2-c2ccc(F)cc2)C1. The Morgan fingerprint density at radius 1 is 1.38 bits per heavy atom. The number of amides is 1. The number of aromatic amines is 1. The van der Waals surface area contributed by atoms with E-state index in [1.165, 1.54) is 12.1 Å². The van der Waals surface area contributed by atoms with E-state index in [4.69, 9.17) is 0 Å². The third-order valence-electron chi connectivity index (χ3n) is 4.49. The highest BCUT2D eigenvalue weighted by Gasteiger charge is 2.27.